The summed E-state index contributed by atoms with van der Waals surface area (Å²) in [4.78, 5) is 13.7. The summed E-state index contributed by atoms with van der Waals surface area (Å²) in [6, 6.07) is 19.3. The average molecular weight is 497 g/mol. The number of anilines is 2. The van der Waals surface area contributed by atoms with Crippen LogP contribution in [-0.4, -0.2) is 20.6 Å². The van der Waals surface area contributed by atoms with Crippen LogP contribution in [0.25, 0.3) is 10.1 Å². The van der Waals surface area contributed by atoms with Crippen molar-refractivity contribution in [1.82, 2.24) is 0 Å². The van der Waals surface area contributed by atoms with E-state index in [1.807, 2.05) is 37.3 Å². The van der Waals surface area contributed by atoms with Crippen LogP contribution in [0.2, 0.25) is 0 Å². The minimum absolute atomic E-state index is 0.229. The van der Waals surface area contributed by atoms with Crippen LogP contribution >= 0.6 is 11.3 Å². The van der Waals surface area contributed by atoms with Crippen molar-refractivity contribution in [1.29, 1.82) is 0 Å². The van der Waals surface area contributed by atoms with Crippen molar-refractivity contribution in [2.75, 3.05) is 16.3 Å². The number of fused-ring (bicyclic) bond motifs is 1. The SMILES string of the molecule is Cc1c(C(=O)Nc2cccc(C(C)(C)c3ccc(F)cc3)c2)sc2ccc(NS(C)(=O)=O)cc12. The highest BCUT2D eigenvalue weighted by molar-refractivity contribution is 7.92. The summed E-state index contributed by atoms with van der Waals surface area (Å²) < 4.78 is 39.8. The van der Waals surface area contributed by atoms with E-state index >= 15 is 0 Å². The zero-order chi connectivity index (χ0) is 24.7. The zero-order valence-electron chi connectivity index (χ0n) is 19.3. The molecule has 34 heavy (non-hydrogen) atoms. The molecular formula is C26H25FN2O3S2. The number of aryl methyl sites for hydroxylation is 1. The first-order chi connectivity index (χ1) is 15.9. The lowest BCUT2D eigenvalue weighted by atomic mass is 9.78. The number of halogens is 1. The summed E-state index contributed by atoms with van der Waals surface area (Å²) in [5.41, 5.74) is 3.48. The van der Waals surface area contributed by atoms with E-state index in [1.54, 1.807) is 24.3 Å². The van der Waals surface area contributed by atoms with E-state index in [4.69, 9.17) is 0 Å². The lowest BCUT2D eigenvalue weighted by Gasteiger charge is -2.26. The largest absolute Gasteiger partial charge is 0.321 e. The minimum Gasteiger partial charge on any atom is -0.321 e. The maximum atomic E-state index is 13.4. The number of carbonyl (C=O) groups is 1. The van der Waals surface area contributed by atoms with Gasteiger partial charge in [-0.1, -0.05) is 38.1 Å². The summed E-state index contributed by atoms with van der Waals surface area (Å²) in [6.07, 6.45) is 1.10. The molecule has 3 aromatic carbocycles. The molecule has 0 radical (unpaired) electrons. The van der Waals surface area contributed by atoms with Crippen LogP contribution in [0.3, 0.4) is 0 Å². The molecule has 4 aromatic rings. The number of thiophene rings is 1. The molecule has 0 aliphatic carbocycles. The van der Waals surface area contributed by atoms with Gasteiger partial charge in [0.05, 0.1) is 11.1 Å². The van der Waals surface area contributed by atoms with E-state index in [0.717, 1.165) is 33.0 Å². The molecule has 0 saturated heterocycles. The van der Waals surface area contributed by atoms with Crippen LogP contribution in [0.4, 0.5) is 15.8 Å². The Kier molecular flexibility index (Phi) is 6.22. The molecule has 1 aromatic heterocycles. The summed E-state index contributed by atoms with van der Waals surface area (Å²) in [5, 5.41) is 3.81. The number of sulfonamides is 1. The lowest BCUT2D eigenvalue weighted by Crippen LogP contribution is -2.19. The molecule has 0 unspecified atom stereocenters. The number of nitrogens with one attached hydrogen (secondary N) is 2. The third kappa shape index (κ3) is 4.98. The van der Waals surface area contributed by atoms with Gasteiger partial charge in [0, 0.05) is 21.5 Å². The van der Waals surface area contributed by atoms with Gasteiger partial charge in [0.2, 0.25) is 10.0 Å². The molecular weight excluding hydrogens is 471 g/mol. The minimum atomic E-state index is -3.39. The van der Waals surface area contributed by atoms with Gasteiger partial charge >= 0.3 is 0 Å². The van der Waals surface area contributed by atoms with Gasteiger partial charge in [-0.25, -0.2) is 12.8 Å². The summed E-state index contributed by atoms with van der Waals surface area (Å²) in [7, 11) is -3.39. The lowest BCUT2D eigenvalue weighted by molar-refractivity contribution is 0.103. The quantitative estimate of drug-likeness (QED) is 0.329. The van der Waals surface area contributed by atoms with Crippen molar-refractivity contribution in [3.63, 3.8) is 0 Å². The Morgan fingerprint density at radius 1 is 0.941 bits per heavy atom. The highest BCUT2D eigenvalue weighted by Gasteiger charge is 2.24. The third-order valence-corrected chi connectivity index (χ3v) is 7.73. The number of hydrogen-bond acceptors (Lipinski definition) is 4. The molecule has 0 atom stereocenters. The standard InChI is InChI=1S/C26H25FN2O3S2/c1-16-22-15-21(29-34(4,31)32)12-13-23(22)33-24(16)25(30)28-20-7-5-6-18(14-20)26(2,3)17-8-10-19(27)11-9-17/h5-15,29H,1-4H3,(H,28,30). The number of benzene rings is 3. The molecule has 4 rings (SSSR count). The van der Waals surface area contributed by atoms with Gasteiger partial charge in [0.1, 0.15) is 5.82 Å². The highest BCUT2D eigenvalue weighted by atomic mass is 32.2. The Bertz CT molecular complexity index is 1490. The molecule has 0 saturated carbocycles. The van der Waals surface area contributed by atoms with Crippen LogP contribution in [-0.2, 0) is 15.4 Å². The summed E-state index contributed by atoms with van der Waals surface area (Å²) in [5.74, 6) is -0.508. The summed E-state index contributed by atoms with van der Waals surface area (Å²) >= 11 is 1.36. The van der Waals surface area contributed by atoms with Gasteiger partial charge in [-0.2, -0.15) is 0 Å². The molecule has 0 spiro atoms. The second kappa shape index (κ2) is 8.85. The van der Waals surface area contributed by atoms with Crippen molar-refractivity contribution in [2.24, 2.45) is 0 Å². The molecule has 8 heteroatoms. The Hall–Kier alpha value is -3.23. The monoisotopic (exact) mass is 496 g/mol. The number of amides is 1. The Morgan fingerprint density at radius 3 is 2.32 bits per heavy atom. The van der Waals surface area contributed by atoms with Crippen molar-refractivity contribution in [3.8, 4) is 0 Å². The Balaban J connectivity index is 1.61. The molecule has 0 bridgehead atoms. The van der Waals surface area contributed by atoms with Crippen LogP contribution in [0, 0.1) is 12.7 Å². The number of rotatable bonds is 6. The molecule has 0 fully saturated rings. The van der Waals surface area contributed by atoms with Crippen LogP contribution in [0.15, 0.2) is 66.7 Å². The smallest absolute Gasteiger partial charge is 0.266 e. The summed E-state index contributed by atoms with van der Waals surface area (Å²) in [6.45, 7) is 5.96. The first-order valence-electron chi connectivity index (χ1n) is 10.6. The van der Waals surface area contributed by atoms with Crippen molar-refractivity contribution in [3.05, 3.63) is 94.1 Å². The third-order valence-electron chi connectivity index (χ3n) is 5.85. The van der Waals surface area contributed by atoms with Crippen molar-refractivity contribution in [2.45, 2.75) is 26.2 Å². The second-order valence-electron chi connectivity index (χ2n) is 8.81. The van der Waals surface area contributed by atoms with Crippen molar-refractivity contribution >= 4 is 48.7 Å². The predicted molar refractivity (Wildman–Crippen MR) is 138 cm³/mol. The fraction of sp³-hybridized carbons (Fsp3) is 0.192. The first kappa shape index (κ1) is 23.9. The fourth-order valence-corrected chi connectivity index (χ4v) is 5.56. The van der Waals surface area contributed by atoms with E-state index < -0.39 is 10.0 Å². The molecule has 1 heterocycles. The topological polar surface area (TPSA) is 75.3 Å². The molecule has 0 aliphatic heterocycles. The fourth-order valence-electron chi connectivity index (χ4n) is 3.92. The maximum absolute atomic E-state index is 13.4. The predicted octanol–water partition coefficient (Wildman–Crippen LogP) is 6.30. The van der Waals surface area contributed by atoms with Gasteiger partial charge < -0.3 is 5.32 Å². The number of carbonyl (C=O) groups excluding carboxylic acids is 1. The zero-order valence-corrected chi connectivity index (χ0v) is 20.9. The Labute approximate surface area is 202 Å². The molecule has 1 amide bonds. The van der Waals surface area contributed by atoms with Gasteiger partial charge in [-0.3, -0.25) is 9.52 Å². The van der Waals surface area contributed by atoms with E-state index in [1.165, 1.54) is 23.5 Å². The first-order valence-corrected chi connectivity index (χ1v) is 13.3. The van der Waals surface area contributed by atoms with Gasteiger partial charge in [0.25, 0.3) is 5.91 Å². The van der Waals surface area contributed by atoms with Crippen LogP contribution in [0.1, 0.15) is 40.2 Å². The van der Waals surface area contributed by atoms with Crippen LogP contribution < -0.4 is 10.0 Å². The van der Waals surface area contributed by atoms with Gasteiger partial charge in [0.15, 0.2) is 0 Å². The van der Waals surface area contributed by atoms with Crippen LogP contribution in [0.5, 0.6) is 0 Å². The molecule has 5 nitrogen and oxygen atoms in total. The normalized spacial score (nSPS) is 12.0. The number of hydrogen-bond donors (Lipinski definition) is 2. The van der Waals surface area contributed by atoms with Gasteiger partial charge in [-0.05, 0) is 71.5 Å². The molecule has 2 N–H and O–H groups in total. The van der Waals surface area contributed by atoms with E-state index in [0.29, 0.717) is 16.3 Å². The second-order valence-corrected chi connectivity index (χ2v) is 11.6. The van der Waals surface area contributed by atoms with E-state index in [-0.39, 0.29) is 17.1 Å². The molecule has 0 aliphatic rings. The van der Waals surface area contributed by atoms with Crippen molar-refractivity contribution < 1.29 is 17.6 Å². The van der Waals surface area contributed by atoms with Gasteiger partial charge in [-0.15, -0.1) is 11.3 Å². The highest BCUT2D eigenvalue weighted by Crippen LogP contribution is 2.35. The van der Waals surface area contributed by atoms with E-state index in [9.17, 15) is 17.6 Å². The Morgan fingerprint density at radius 2 is 1.65 bits per heavy atom. The average Bonchev–Trinajstić information content (AvgIpc) is 3.09. The molecule has 176 valence electrons. The van der Waals surface area contributed by atoms with E-state index in [2.05, 4.69) is 23.9 Å². The maximum Gasteiger partial charge on any atom is 0.266 e.